The molecule has 6 unspecified atom stereocenters. The van der Waals surface area contributed by atoms with Gasteiger partial charge in [0.05, 0.1) is 24.9 Å². The van der Waals surface area contributed by atoms with E-state index in [2.05, 4.69) is 0 Å². The first kappa shape index (κ1) is 25.7. The van der Waals surface area contributed by atoms with Crippen molar-refractivity contribution in [2.75, 3.05) is 27.0 Å². The standard InChI is InChI=1S/C16H33INO8P/c1-15(2,8-16(3,4)22-5)9-23-14-11(18)13(26-27(6,20)21)12(19)10(25-14)7-24-17/h10-14,19H,7-9,18H2,1-6H3,(H,20,21). The lowest BCUT2D eigenvalue weighted by molar-refractivity contribution is -0.266. The number of hydrogen-bond donors (Lipinski definition) is 3. The van der Waals surface area contributed by atoms with Crippen LogP contribution in [0.25, 0.3) is 0 Å². The van der Waals surface area contributed by atoms with Gasteiger partial charge in [-0.3, -0.25) is 4.57 Å². The molecule has 11 heteroatoms. The van der Waals surface area contributed by atoms with Crippen LogP contribution in [-0.2, 0) is 26.4 Å². The normalized spacial score (nSPS) is 32.3. The van der Waals surface area contributed by atoms with Crippen LogP contribution in [0.1, 0.15) is 34.1 Å². The average Bonchev–Trinajstić information content (AvgIpc) is 2.51. The Morgan fingerprint density at radius 1 is 1.30 bits per heavy atom. The molecule has 0 aliphatic carbocycles. The third kappa shape index (κ3) is 8.49. The predicted octanol–water partition coefficient (Wildman–Crippen LogP) is 1.82. The quantitative estimate of drug-likeness (QED) is 0.289. The molecular formula is C16H33INO8P. The van der Waals surface area contributed by atoms with Crippen LogP contribution in [0.4, 0.5) is 0 Å². The second-order valence-corrected chi connectivity index (χ2v) is 10.8. The number of halogens is 1. The molecule has 1 fully saturated rings. The van der Waals surface area contributed by atoms with Gasteiger partial charge in [-0.1, -0.05) is 13.8 Å². The third-order valence-corrected chi connectivity index (χ3v) is 5.35. The van der Waals surface area contributed by atoms with Crippen molar-refractivity contribution < 1.29 is 36.4 Å². The van der Waals surface area contributed by atoms with Gasteiger partial charge in [0.2, 0.25) is 0 Å². The number of nitrogens with two attached hydrogens (primary N) is 1. The van der Waals surface area contributed by atoms with Gasteiger partial charge in [-0.25, -0.2) is 0 Å². The van der Waals surface area contributed by atoms with Gasteiger partial charge < -0.3 is 37.5 Å². The summed E-state index contributed by atoms with van der Waals surface area (Å²) in [5.41, 5.74) is 5.55. The lowest BCUT2D eigenvalue weighted by Gasteiger charge is -2.44. The first-order valence-electron chi connectivity index (χ1n) is 8.69. The maximum Gasteiger partial charge on any atom is 0.325 e. The van der Waals surface area contributed by atoms with E-state index < -0.39 is 38.2 Å². The van der Waals surface area contributed by atoms with Crippen LogP contribution < -0.4 is 5.73 Å². The second-order valence-electron chi connectivity index (χ2n) is 8.38. The Labute approximate surface area is 175 Å². The van der Waals surface area contributed by atoms with Gasteiger partial charge in [0.25, 0.3) is 0 Å². The number of rotatable bonds is 10. The van der Waals surface area contributed by atoms with Crippen molar-refractivity contribution >= 4 is 30.6 Å². The smallest absolute Gasteiger partial charge is 0.325 e. The average molecular weight is 525 g/mol. The van der Waals surface area contributed by atoms with Crippen LogP contribution in [0.3, 0.4) is 0 Å². The van der Waals surface area contributed by atoms with Crippen LogP contribution in [-0.4, -0.2) is 73.2 Å². The molecule has 1 rings (SSSR count). The molecular weight excluding hydrogens is 492 g/mol. The van der Waals surface area contributed by atoms with Crippen molar-refractivity contribution in [3.8, 4) is 0 Å². The third-order valence-electron chi connectivity index (χ3n) is 4.36. The maximum atomic E-state index is 11.7. The zero-order valence-corrected chi connectivity index (χ0v) is 19.8. The fraction of sp³-hybridized carbons (Fsp3) is 1.00. The molecule has 27 heavy (non-hydrogen) atoms. The molecule has 1 heterocycles. The largest absolute Gasteiger partial charge is 0.388 e. The van der Waals surface area contributed by atoms with Crippen LogP contribution >= 0.6 is 30.6 Å². The number of aliphatic hydroxyl groups is 1. The molecule has 162 valence electrons. The van der Waals surface area contributed by atoms with Crippen molar-refractivity contribution in [3.63, 3.8) is 0 Å². The molecule has 6 atom stereocenters. The molecule has 4 N–H and O–H groups in total. The molecule has 0 bridgehead atoms. The minimum Gasteiger partial charge on any atom is -0.388 e. The van der Waals surface area contributed by atoms with Crippen LogP contribution in [0.15, 0.2) is 0 Å². The molecule has 0 aromatic heterocycles. The molecule has 0 spiro atoms. The number of methoxy groups -OCH3 is 1. The Morgan fingerprint density at radius 3 is 2.37 bits per heavy atom. The summed E-state index contributed by atoms with van der Waals surface area (Å²) >= 11 is 1.68. The van der Waals surface area contributed by atoms with E-state index in [0.717, 1.165) is 13.1 Å². The summed E-state index contributed by atoms with van der Waals surface area (Å²) in [6.07, 6.45) is -3.36. The lowest BCUT2D eigenvalue weighted by atomic mass is 9.82. The van der Waals surface area contributed by atoms with Gasteiger partial charge in [0, 0.05) is 13.8 Å². The van der Waals surface area contributed by atoms with Gasteiger partial charge in [0.1, 0.15) is 41.3 Å². The van der Waals surface area contributed by atoms with E-state index >= 15 is 0 Å². The topological polar surface area (TPSA) is 130 Å². The SMILES string of the molecule is COC(C)(C)CC(C)(C)COC1OC(COI)C(O)C(OP(C)(=O)O)C1N. The summed E-state index contributed by atoms with van der Waals surface area (Å²) < 4.78 is 39.0. The summed E-state index contributed by atoms with van der Waals surface area (Å²) in [5, 5.41) is 10.4. The monoisotopic (exact) mass is 525 g/mol. The Balaban J connectivity index is 2.86. The minimum atomic E-state index is -3.87. The molecule has 0 amide bonds. The Kier molecular flexibility index (Phi) is 9.61. The predicted molar refractivity (Wildman–Crippen MR) is 109 cm³/mol. The van der Waals surface area contributed by atoms with E-state index in [9.17, 15) is 14.6 Å². The van der Waals surface area contributed by atoms with E-state index in [1.807, 2.05) is 27.7 Å². The number of hydrogen-bond acceptors (Lipinski definition) is 8. The molecule has 9 nitrogen and oxygen atoms in total. The summed E-state index contributed by atoms with van der Waals surface area (Å²) in [7, 11) is -2.22. The number of aliphatic hydroxyl groups excluding tert-OH is 1. The van der Waals surface area contributed by atoms with Crippen LogP contribution in [0.5, 0.6) is 0 Å². The van der Waals surface area contributed by atoms with Crippen molar-refractivity contribution in [1.82, 2.24) is 0 Å². The van der Waals surface area contributed by atoms with E-state index in [-0.39, 0.29) is 17.6 Å². The lowest BCUT2D eigenvalue weighted by Crippen LogP contribution is -2.63. The molecule has 1 saturated heterocycles. The number of ether oxygens (including phenoxy) is 3. The molecule has 0 radical (unpaired) electrons. The fourth-order valence-electron chi connectivity index (χ4n) is 3.23. The highest BCUT2D eigenvalue weighted by Crippen LogP contribution is 2.42. The summed E-state index contributed by atoms with van der Waals surface area (Å²) in [6.45, 7) is 9.44. The van der Waals surface area contributed by atoms with Gasteiger partial charge >= 0.3 is 7.60 Å². The Bertz CT molecular complexity index is 515. The van der Waals surface area contributed by atoms with Crippen molar-refractivity contribution in [2.24, 2.45) is 11.1 Å². The molecule has 1 aliphatic heterocycles. The highest BCUT2D eigenvalue weighted by Gasteiger charge is 2.47. The molecule has 0 saturated carbocycles. The summed E-state index contributed by atoms with van der Waals surface area (Å²) in [4.78, 5) is 9.56. The first-order chi connectivity index (χ1) is 12.2. The van der Waals surface area contributed by atoms with Crippen LogP contribution in [0.2, 0.25) is 0 Å². The summed E-state index contributed by atoms with van der Waals surface area (Å²) in [5.74, 6) is 0. The van der Waals surface area contributed by atoms with Gasteiger partial charge in [-0.2, -0.15) is 0 Å². The highest BCUT2D eigenvalue weighted by molar-refractivity contribution is 14.1. The van der Waals surface area contributed by atoms with E-state index in [0.29, 0.717) is 6.61 Å². The molecule has 0 aromatic rings. The van der Waals surface area contributed by atoms with Gasteiger partial charge in [0.15, 0.2) is 6.29 Å². The minimum absolute atomic E-state index is 0.0493. The first-order valence-corrected chi connectivity index (χ1v) is 11.6. The summed E-state index contributed by atoms with van der Waals surface area (Å²) in [6, 6.07) is -0.947. The van der Waals surface area contributed by atoms with Gasteiger partial charge in [-0.05, 0) is 25.7 Å². The van der Waals surface area contributed by atoms with Crippen LogP contribution in [0, 0.1) is 5.41 Å². The van der Waals surface area contributed by atoms with Crippen molar-refractivity contribution in [2.45, 2.75) is 70.4 Å². The van der Waals surface area contributed by atoms with Gasteiger partial charge in [-0.15, -0.1) is 0 Å². The second kappa shape index (κ2) is 10.1. The zero-order chi connectivity index (χ0) is 21.0. The molecule has 0 aromatic carbocycles. The fourth-order valence-corrected chi connectivity index (χ4v) is 4.30. The van der Waals surface area contributed by atoms with Crippen molar-refractivity contribution in [3.05, 3.63) is 0 Å². The highest BCUT2D eigenvalue weighted by atomic mass is 127. The van der Waals surface area contributed by atoms with E-state index in [1.54, 1.807) is 30.1 Å². The Morgan fingerprint density at radius 2 is 1.89 bits per heavy atom. The van der Waals surface area contributed by atoms with E-state index in [1.165, 1.54) is 0 Å². The maximum absolute atomic E-state index is 11.7. The molecule has 1 aliphatic rings. The van der Waals surface area contributed by atoms with E-state index in [4.69, 9.17) is 27.5 Å². The van der Waals surface area contributed by atoms with Crippen molar-refractivity contribution in [1.29, 1.82) is 0 Å². The Hall–Kier alpha value is 0.640. The zero-order valence-electron chi connectivity index (χ0n) is 16.8.